The standard InChI is InChI=1S/C24H29Cl2N3O6S/c1-4-27-24(31)16(2)28(14-17-7-8-18(25)12-20(17)26)23(30)6-5-11-29(36(3,32)33)19-9-10-21-22(13-19)35-15-34-21/h7-10,12-13,16H,4-6,11,14-15H2,1-3H3,(H,27,31)/t16-/m1/s1. The Kier molecular flexibility index (Phi) is 9.32. The fraction of sp³-hybridized carbons (Fsp3) is 0.417. The topological polar surface area (TPSA) is 105 Å². The maximum absolute atomic E-state index is 13.3. The van der Waals surface area contributed by atoms with Crippen LogP contribution in [-0.2, 0) is 26.2 Å². The summed E-state index contributed by atoms with van der Waals surface area (Å²) in [6.45, 7) is 4.10. The third kappa shape index (κ3) is 6.96. The molecule has 36 heavy (non-hydrogen) atoms. The van der Waals surface area contributed by atoms with Crippen molar-refractivity contribution in [2.24, 2.45) is 0 Å². The van der Waals surface area contributed by atoms with Gasteiger partial charge in [0.05, 0.1) is 11.9 Å². The van der Waals surface area contributed by atoms with E-state index in [1.54, 1.807) is 50.2 Å². The zero-order valence-electron chi connectivity index (χ0n) is 20.3. The SMILES string of the molecule is CCNC(=O)[C@@H](C)N(Cc1ccc(Cl)cc1Cl)C(=O)CCCN(c1ccc2c(c1)OCO2)S(C)(=O)=O. The zero-order valence-corrected chi connectivity index (χ0v) is 22.6. The molecule has 0 bridgehead atoms. The highest BCUT2D eigenvalue weighted by atomic mass is 35.5. The van der Waals surface area contributed by atoms with Crippen molar-refractivity contribution < 1.29 is 27.5 Å². The van der Waals surface area contributed by atoms with Gasteiger partial charge in [-0.1, -0.05) is 29.3 Å². The second kappa shape index (κ2) is 12.0. The number of carbonyl (C=O) groups excluding carboxylic acids is 2. The summed E-state index contributed by atoms with van der Waals surface area (Å²) in [7, 11) is -3.63. The minimum atomic E-state index is -3.63. The number of nitrogens with zero attached hydrogens (tertiary/aromatic N) is 2. The van der Waals surface area contributed by atoms with E-state index in [0.717, 1.165) is 6.26 Å². The van der Waals surface area contributed by atoms with Gasteiger partial charge in [0.1, 0.15) is 6.04 Å². The fourth-order valence-electron chi connectivity index (χ4n) is 3.78. The molecule has 1 aliphatic heterocycles. The van der Waals surface area contributed by atoms with Crippen LogP contribution in [0.4, 0.5) is 5.69 Å². The first-order valence-corrected chi connectivity index (χ1v) is 14.0. The molecule has 1 atom stereocenters. The molecule has 2 amide bonds. The maximum Gasteiger partial charge on any atom is 0.242 e. The monoisotopic (exact) mass is 557 g/mol. The molecule has 0 unspecified atom stereocenters. The number of benzene rings is 2. The van der Waals surface area contributed by atoms with E-state index < -0.39 is 16.1 Å². The highest BCUT2D eigenvalue weighted by molar-refractivity contribution is 7.92. The number of likely N-dealkylation sites (N-methyl/N-ethyl adjacent to an activating group) is 1. The molecule has 1 N–H and O–H groups in total. The Morgan fingerprint density at radius 2 is 1.83 bits per heavy atom. The number of ether oxygens (including phenoxy) is 2. The van der Waals surface area contributed by atoms with Crippen LogP contribution in [-0.4, -0.2) is 57.3 Å². The minimum Gasteiger partial charge on any atom is -0.454 e. The number of hydrogen-bond donors (Lipinski definition) is 1. The number of fused-ring (bicyclic) bond motifs is 1. The summed E-state index contributed by atoms with van der Waals surface area (Å²) in [6, 6.07) is 9.06. The Morgan fingerprint density at radius 3 is 2.50 bits per heavy atom. The second-order valence-corrected chi connectivity index (χ2v) is 11.1. The van der Waals surface area contributed by atoms with Crippen LogP contribution in [0.1, 0.15) is 32.3 Å². The van der Waals surface area contributed by atoms with Gasteiger partial charge in [-0.25, -0.2) is 8.42 Å². The first-order valence-electron chi connectivity index (χ1n) is 11.4. The van der Waals surface area contributed by atoms with Crippen molar-refractivity contribution in [1.82, 2.24) is 10.2 Å². The summed E-state index contributed by atoms with van der Waals surface area (Å²) in [5.41, 5.74) is 1.05. The Labute approximate surface area is 221 Å². The van der Waals surface area contributed by atoms with Gasteiger partial charge in [-0.05, 0) is 50.1 Å². The summed E-state index contributed by atoms with van der Waals surface area (Å²) in [6.07, 6.45) is 1.35. The van der Waals surface area contributed by atoms with Gasteiger partial charge in [-0.15, -0.1) is 0 Å². The third-order valence-corrected chi connectivity index (χ3v) is 7.45. The summed E-state index contributed by atoms with van der Waals surface area (Å²) in [5, 5.41) is 3.57. The number of nitrogens with one attached hydrogen (secondary N) is 1. The van der Waals surface area contributed by atoms with Crippen molar-refractivity contribution >= 4 is 50.7 Å². The lowest BCUT2D eigenvalue weighted by Crippen LogP contribution is -2.47. The maximum atomic E-state index is 13.3. The molecule has 0 fully saturated rings. The Balaban J connectivity index is 1.74. The van der Waals surface area contributed by atoms with Crippen LogP contribution < -0.4 is 19.1 Å². The van der Waals surface area contributed by atoms with Gasteiger partial charge in [-0.3, -0.25) is 13.9 Å². The zero-order chi connectivity index (χ0) is 26.5. The van der Waals surface area contributed by atoms with Crippen LogP contribution in [0.25, 0.3) is 0 Å². The molecule has 12 heteroatoms. The predicted octanol–water partition coefficient (Wildman–Crippen LogP) is 3.82. The van der Waals surface area contributed by atoms with E-state index in [2.05, 4.69) is 5.32 Å². The average Bonchev–Trinajstić information content (AvgIpc) is 3.28. The van der Waals surface area contributed by atoms with Crippen LogP contribution in [0.15, 0.2) is 36.4 Å². The molecule has 0 radical (unpaired) electrons. The number of halogens is 2. The van der Waals surface area contributed by atoms with Gasteiger partial charge in [0, 0.05) is 42.2 Å². The number of anilines is 1. The minimum absolute atomic E-state index is 0.0194. The van der Waals surface area contributed by atoms with E-state index in [4.69, 9.17) is 32.7 Å². The van der Waals surface area contributed by atoms with Crippen LogP contribution in [0.2, 0.25) is 10.0 Å². The molecule has 1 aliphatic rings. The molecule has 0 saturated heterocycles. The molecule has 2 aromatic carbocycles. The van der Waals surface area contributed by atoms with Crippen LogP contribution in [0.3, 0.4) is 0 Å². The lowest BCUT2D eigenvalue weighted by atomic mass is 10.1. The molecule has 9 nitrogen and oxygen atoms in total. The number of carbonyl (C=O) groups is 2. The lowest BCUT2D eigenvalue weighted by molar-refractivity contribution is -0.140. The molecule has 0 aliphatic carbocycles. The number of sulfonamides is 1. The van der Waals surface area contributed by atoms with Gasteiger partial charge in [0.2, 0.25) is 28.6 Å². The van der Waals surface area contributed by atoms with Gasteiger partial charge in [-0.2, -0.15) is 0 Å². The molecule has 0 aromatic heterocycles. The highest BCUT2D eigenvalue weighted by Gasteiger charge is 2.27. The van der Waals surface area contributed by atoms with Crippen molar-refractivity contribution in [3.8, 4) is 11.5 Å². The van der Waals surface area contributed by atoms with Crippen molar-refractivity contribution in [1.29, 1.82) is 0 Å². The molecular weight excluding hydrogens is 529 g/mol. The quantitative estimate of drug-likeness (QED) is 0.450. The molecule has 3 rings (SSSR count). The lowest BCUT2D eigenvalue weighted by Gasteiger charge is -2.29. The Bertz CT molecular complexity index is 1220. The van der Waals surface area contributed by atoms with E-state index in [0.29, 0.717) is 39.3 Å². The van der Waals surface area contributed by atoms with Gasteiger partial charge < -0.3 is 19.7 Å². The number of hydrogen-bond acceptors (Lipinski definition) is 6. The number of amides is 2. The average molecular weight is 558 g/mol. The second-order valence-electron chi connectivity index (χ2n) is 8.30. The Hall–Kier alpha value is -2.69. The fourth-order valence-corrected chi connectivity index (χ4v) is 5.21. The van der Waals surface area contributed by atoms with E-state index >= 15 is 0 Å². The molecular formula is C24H29Cl2N3O6S. The molecule has 0 saturated carbocycles. The molecule has 0 spiro atoms. The summed E-state index contributed by atoms with van der Waals surface area (Å²) < 4.78 is 36.9. The number of rotatable bonds is 11. The van der Waals surface area contributed by atoms with E-state index in [1.165, 1.54) is 9.21 Å². The van der Waals surface area contributed by atoms with Gasteiger partial charge in [0.25, 0.3) is 0 Å². The van der Waals surface area contributed by atoms with Gasteiger partial charge >= 0.3 is 0 Å². The molecule has 2 aromatic rings. The molecule has 1 heterocycles. The van der Waals surface area contributed by atoms with E-state index in [1.807, 2.05) is 0 Å². The van der Waals surface area contributed by atoms with Crippen molar-refractivity contribution in [3.05, 3.63) is 52.0 Å². The predicted molar refractivity (Wildman–Crippen MR) is 139 cm³/mol. The Morgan fingerprint density at radius 1 is 1.11 bits per heavy atom. The normalized spacial score (nSPS) is 13.2. The first-order chi connectivity index (χ1) is 17.0. The summed E-state index contributed by atoms with van der Waals surface area (Å²) in [5.74, 6) is 0.394. The smallest absolute Gasteiger partial charge is 0.242 e. The third-order valence-electron chi connectivity index (χ3n) is 5.67. The van der Waals surface area contributed by atoms with Crippen molar-refractivity contribution in [2.75, 3.05) is 30.4 Å². The van der Waals surface area contributed by atoms with Crippen molar-refractivity contribution in [3.63, 3.8) is 0 Å². The first kappa shape index (κ1) is 27.9. The summed E-state index contributed by atoms with van der Waals surface area (Å²) in [4.78, 5) is 27.2. The highest BCUT2D eigenvalue weighted by Crippen LogP contribution is 2.36. The van der Waals surface area contributed by atoms with Crippen LogP contribution in [0, 0.1) is 0 Å². The van der Waals surface area contributed by atoms with E-state index in [-0.39, 0.29) is 44.5 Å². The van der Waals surface area contributed by atoms with Gasteiger partial charge in [0.15, 0.2) is 11.5 Å². The molecule has 196 valence electrons. The van der Waals surface area contributed by atoms with Crippen LogP contribution in [0.5, 0.6) is 11.5 Å². The van der Waals surface area contributed by atoms with Crippen LogP contribution >= 0.6 is 23.2 Å². The van der Waals surface area contributed by atoms with Crippen molar-refractivity contribution in [2.45, 2.75) is 39.3 Å². The largest absolute Gasteiger partial charge is 0.454 e. The van der Waals surface area contributed by atoms with E-state index in [9.17, 15) is 18.0 Å². The summed E-state index contributed by atoms with van der Waals surface area (Å²) >= 11 is 12.3.